The molecule has 1 saturated carbocycles. The number of hydrogen-bond donors (Lipinski definition) is 3. The number of aryl methyl sites for hydroxylation is 1. The van der Waals surface area contributed by atoms with Crippen LogP contribution < -0.4 is 20.4 Å². The fourth-order valence-electron chi connectivity index (χ4n) is 3.54. The van der Waals surface area contributed by atoms with Crippen molar-refractivity contribution >= 4 is 44.6 Å². The van der Waals surface area contributed by atoms with E-state index >= 15 is 0 Å². The van der Waals surface area contributed by atoms with Crippen LogP contribution in [0.4, 0.5) is 28.7 Å². The predicted molar refractivity (Wildman–Crippen MR) is 135 cm³/mol. The SMILES string of the molecule is CCONC(=O)c1cnc(Nc2ccnn2C)cc1Nc1ccc(C2CC2)cc1N(C)S(C)(=O)=O. The molecule has 0 atom stereocenters. The highest BCUT2D eigenvalue weighted by Gasteiger charge is 2.26. The molecule has 3 aromatic rings. The molecule has 2 aromatic heterocycles. The minimum atomic E-state index is -3.52. The van der Waals surface area contributed by atoms with E-state index in [1.54, 1.807) is 37.0 Å². The maximum atomic E-state index is 12.8. The number of nitrogens with one attached hydrogen (secondary N) is 3. The highest BCUT2D eigenvalue weighted by atomic mass is 32.2. The maximum Gasteiger partial charge on any atom is 0.278 e. The highest BCUT2D eigenvalue weighted by molar-refractivity contribution is 7.92. The first-order valence-electron chi connectivity index (χ1n) is 11.2. The molecule has 1 aromatic carbocycles. The summed E-state index contributed by atoms with van der Waals surface area (Å²) >= 11 is 0. The summed E-state index contributed by atoms with van der Waals surface area (Å²) in [5.74, 6) is 1.14. The van der Waals surface area contributed by atoms with Crippen LogP contribution in [0.5, 0.6) is 0 Å². The second-order valence-corrected chi connectivity index (χ2v) is 10.4. The number of pyridine rings is 1. The number of amides is 1. The minimum absolute atomic E-state index is 0.230. The van der Waals surface area contributed by atoms with Crippen molar-refractivity contribution in [3.05, 3.63) is 53.9 Å². The van der Waals surface area contributed by atoms with Gasteiger partial charge in [-0.2, -0.15) is 5.10 Å². The number of rotatable bonds is 10. The van der Waals surface area contributed by atoms with Gasteiger partial charge in [0.05, 0.1) is 41.7 Å². The van der Waals surface area contributed by atoms with Crippen LogP contribution in [0.2, 0.25) is 0 Å². The summed E-state index contributed by atoms with van der Waals surface area (Å²) in [6, 6.07) is 9.17. The first kappa shape index (κ1) is 24.5. The molecule has 35 heavy (non-hydrogen) atoms. The Kier molecular flexibility index (Phi) is 6.94. The van der Waals surface area contributed by atoms with Gasteiger partial charge in [-0.25, -0.2) is 18.9 Å². The lowest BCUT2D eigenvalue weighted by atomic mass is 10.1. The molecule has 1 aliphatic carbocycles. The van der Waals surface area contributed by atoms with Crippen molar-refractivity contribution in [2.75, 3.05) is 34.8 Å². The molecule has 2 heterocycles. The Bertz CT molecular complexity index is 1340. The summed E-state index contributed by atoms with van der Waals surface area (Å²) in [7, 11) is -0.216. The largest absolute Gasteiger partial charge is 0.353 e. The third kappa shape index (κ3) is 5.72. The van der Waals surface area contributed by atoms with Gasteiger partial charge < -0.3 is 10.6 Å². The molecule has 11 nitrogen and oxygen atoms in total. The van der Waals surface area contributed by atoms with Crippen LogP contribution in [0.3, 0.4) is 0 Å². The molecular weight excluding hydrogens is 470 g/mol. The van der Waals surface area contributed by atoms with Gasteiger partial charge in [0.1, 0.15) is 11.6 Å². The molecule has 1 aliphatic rings. The Morgan fingerprint density at radius 2 is 1.97 bits per heavy atom. The van der Waals surface area contributed by atoms with Crippen molar-refractivity contribution in [1.29, 1.82) is 0 Å². The molecule has 0 unspecified atom stereocenters. The summed E-state index contributed by atoms with van der Waals surface area (Å²) in [5, 5.41) is 10.5. The molecule has 0 bridgehead atoms. The zero-order valence-corrected chi connectivity index (χ0v) is 20.9. The van der Waals surface area contributed by atoms with Crippen LogP contribution in [0.25, 0.3) is 0 Å². The van der Waals surface area contributed by atoms with Crippen LogP contribution in [0, 0.1) is 0 Å². The van der Waals surface area contributed by atoms with Crippen molar-refractivity contribution in [3.8, 4) is 0 Å². The van der Waals surface area contributed by atoms with Crippen molar-refractivity contribution in [1.82, 2.24) is 20.2 Å². The molecule has 0 spiro atoms. The van der Waals surface area contributed by atoms with E-state index in [1.165, 1.54) is 17.5 Å². The fraction of sp³-hybridized carbons (Fsp3) is 0.348. The fourth-order valence-corrected chi connectivity index (χ4v) is 4.05. The Morgan fingerprint density at radius 1 is 1.20 bits per heavy atom. The average molecular weight is 500 g/mol. The quantitative estimate of drug-likeness (QED) is 0.363. The van der Waals surface area contributed by atoms with E-state index in [1.807, 2.05) is 18.2 Å². The predicted octanol–water partition coefficient (Wildman–Crippen LogP) is 3.26. The van der Waals surface area contributed by atoms with E-state index in [-0.39, 0.29) is 5.56 Å². The molecule has 186 valence electrons. The number of hydroxylamine groups is 1. The third-order valence-corrected chi connectivity index (χ3v) is 6.90. The van der Waals surface area contributed by atoms with Crippen LogP contribution in [-0.2, 0) is 21.9 Å². The second-order valence-electron chi connectivity index (χ2n) is 8.35. The van der Waals surface area contributed by atoms with Crippen LogP contribution in [0.15, 0.2) is 42.7 Å². The zero-order chi connectivity index (χ0) is 25.2. The molecule has 0 radical (unpaired) electrons. The normalized spacial score (nSPS) is 13.4. The van der Waals surface area contributed by atoms with Crippen molar-refractivity contribution < 1.29 is 18.0 Å². The smallest absolute Gasteiger partial charge is 0.278 e. The van der Waals surface area contributed by atoms with Gasteiger partial charge in [0.2, 0.25) is 10.0 Å². The van der Waals surface area contributed by atoms with E-state index in [2.05, 4.69) is 26.2 Å². The monoisotopic (exact) mass is 499 g/mol. The van der Waals surface area contributed by atoms with E-state index in [4.69, 9.17) is 4.84 Å². The zero-order valence-electron chi connectivity index (χ0n) is 20.1. The Morgan fingerprint density at radius 3 is 2.60 bits per heavy atom. The average Bonchev–Trinajstić information content (AvgIpc) is 3.59. The molecule has 1 amide bonds. The van der Waals surface area contributed by atoms with E-state index in [0.29, 0.717) is 41.2 Å². The van der Waals surface area contributed by atoms with Gasteiger partial charge in [0.25, 0.3) is 5.91 Å². The van der Waals surface area contributed by atoms with E-state index < -0.39 is 15.9 Å². The lowest BCUT2D eigenvalue weighted by Gasteiger charge is -2.23. The highest BCUT2D eigenvalue weighted by Crippen LogP contribution is 2.43. The molecular formula is C23H29N7O4S. The summed E-state index contributed by atoms with van der Waals surface area (Å²) in [6.45, 7) is 2.06. The van der Waals surface area contributed by atoms with E-state index in [9.17, 15) is 13.2 Å². The Labute approximate surface area is 204 Å². The van der Waals surface area contributed by atoms with Crippen molar-refractivity contribution in [3.63, 3.8) is 0 Å². The van der Waals surface area contributed by atoms with Crippen LogP contribution >= 0.6 is 0 Å². The minimum Gasteiger partial charge on any atom is -0.353 e. The topological polar surface area (TPSA) is 130 Å². The van der Waals surface area contributed by atoms with Gasteiger partial charge in [-0.3, -0.25) is 18.6 Å². The van der Waals surface area contributed by atoms with Crippen molar-refractivity contribution in [2.45, 2.75) is 25.7 Å². The summed E-state index contributed by atoms with van der Waals surface area (Å²) in [5.41, 5.74) is 5.14. The molecule has 0 saturated heterocycles. The number of hydrogen-bond acceptors (Lipinski definition) is 8. The number of aromatic nitrogens is 3. The number of benzene rings is 1. The van der Waals surface area contributed by atoms with E-state index in [0.717, 1.165) is 24.7 Å². The van der Waals surface area contributed by atoms with Gasteiger partial charge in [-0.05, 0) is 43.4 Å². The lowest BCUT2D eigenvalue weighted by Crippen LogP contribution is -2.26. The molecule has 1 fully saturated rings. The summed E-state index contributed by atoms with van der Waals surface area (Å²) < 4.78 is 27.6. The number of nitrogens with zero attached hydrogens (tertiary/aromatic N) is 4. The van der Waals surface area contributed by atoms with Gasteiger partial charge in [0, 0.05) is 32.4 Å². The molecule has 3 N–H and O–H groups in total. The first-order chi connectivity index (χ1) is 16.7. The van der Waals surface area contributed by atoms with Gasteiger partial charge in [0.15, 0.2) is 0 Å². The standard InChI is InChI=1S/C23H29N7O4S/c1-5-34-28-23(31)17-14-24-21(27-22-10-11-25-29(22)2)13-19(17)26-18-9-8-16(15-6-7-15)12-20(18)30(3)35(4,32)33/h8-15H,5-7H2,1-4H3,(H,28,31)(H2,24,26,27). The Balaban J connectivity index is 1.74. The van der Waals surface area contributed by atoms with Crippen LogP contribution in [0.1, 0.15) is 41.6 Å². The van der Waals surface area contributed by atoms with Gasteiger partial charge >= 0.3 is 0 Å². The molecule has 0 aliphatic heterocycles. The lowest BCUT2D eigenvalue weighted by molar-refractivity contribution is 0.0365. The number of anilines is 5. The Hall–Kier alpha value is -3.64. The molecule has 12 heteroatoms. The number of carbonyl (C=O) groups excluding carboxylic acids is 1. The number of carbonyl (C=O) groups is 1. The molecule has 4 rings (SSSR count). The number of sulfonamides is 1. The van der Waals surface area contributed by atoms with Crippen molar-refractivity contribution in [2.24, 2.45) is 7.05 Å². The summed E-state index contributed by atoms with van der Waals surface area (Å²) in [6.07, 6.45) is 6.41. The third-order valence-electron chi connectivity index (χ3n) is 5.71. The first-order valence-corrected chi connectivity index (χ1v) is 13.0. The second kappa shape index (κ2) is 9.92. The van der Waals surface area contributed by atoms with Gasteiger partial charge in [-0.1, -0.05) is 6.07 Å². The summed E-state index contributed by atoms with van der Waals surface area (Å²) in [4.78, 5) is 22.2. The van der Waals surface area contributed by atoms with Gasteiger partial charge in [-0.15, -0.1) is 0 Å². The maximum absolute atomic E-state index is 12.8. The van der Waals surface area contributed by atoms with Crippen LogP contribution in [-0.4, -0.2) is 49.0 Å².